The SMILES string of the molecule is Nc1cc(-c2c(F)c(F)cc(Cl)c2F)on1. The van der Waals surface area contributed by atoms with Gasteiger partial charge in [-0.25, -0.2) is 13.2 Å². The number of nitrogen functional groups attached to an aromatic ring is 1. The quantitative estimate of drug-likeness (QED) is 0.790. The van der Waals surface area contributed by atoms with Crippen molar-refractivity contribution >= 4 is 17.4 Å². The van der Waals surface area contributed by atoms with E-state index in [-0.39, 0.29) is 11.6 Å². The highest BCUT2D eigenvalue weighted by molar-refractivity contribution is 6.31. The summed E-state index contributed by atoms with van der Waals surface area (Å²) in [6.45, 7) is 0. The van der Waals surface area contributed by atoms with Crippen LogP contribution in [0.4, 0.5) is 19.0 Å². The van der Waals surface area contributed by atoms with E-state index < -0.39 is 28.0 Å². The first-order valence-corrected chi connectivity index (χ1v) is 4.44. The third-order valence-electron chi connectivity index (χ3n) is 1.89. The monoisotopic (exact) mass is 248 g/mol. The highest BCUT2D eigenvalue weighted by Crippen LogP contribution is 2.32. The maximum atomic E-state index is 13.5. The van der Waals surface area contributed by atoms with Gasteiger partial charge in [0.25, 0.3) is 0 Å². The van der Waals surface area contributed by atoms with Crippen molar-refractivity contribution in [2.45, 2.75) is 0 Å². The third-order valence-corrected chi connectivity index (χ3v) is 2.16. The van der Waals surface area contributed by atoms with Crippen molar-refractivity contribution in [3.05, 3.63) is 34.6 Å². The van der Waals surface area contributed by atoms with Gasteiger partial charge in [0, 0.05) is 6.07 Å². The van der Waals surface area contributed by atoms with E-state index in [1.165, 1.54) is 0 Å². The summed E-state index contributed by atoms with van der Waals surface area (Å²) < 4.78 is 44.3. The lowest BCUT2D eigenvalue weighted by molar-refractivity contribution is 0.425. The molecule has 0 atom stereocenters. The molecule has 0 aliphatic carbocycles. The van der Waals surface area contributed by atoms with Crippen molar-refractivity contribution in [1.29, 1.82) is 0 Å². The number of benzene rings is 1. The van der Waals surface area contributed by atoms with Crippen LogP contribution in [0.5, 0.6) is 0 Å². The molecule has 2 N–H and O–H groups in total. The standard InChI is InChI=1S/C9H4ClF3N2O/c10-3-1-4(11)9(13)7(8(3)12)5-2-6(14)15-16-5/h1-2H,(H2,14,15). The van der Waals surface area contributed by atoms with Crippen molar-refractivity contribution in [3.63, 3.8) is 0 Å². The Morgan fingerprint density at radius 3 is 2.44 bits per heavy atom. The number of anilines is 1. The molecule has 7 heteroatoms. The molecular formula is C9H4ClF3N2O. The Morgan fingerprint density at radius 1 is 1.19 bits per heavy atom. The molecule has 1 heterocycles. The van der Waals surface area contributed by atoms with Crippen LogP contribution in [0.1, 0.15) is 0 Å². The molecule has 16 heavy (non-hydrogen) atoms. The second-order valence-electron chi connectivity index (χ2n) is 2.96. The van der Waals surface area contributed by atoms with E-state index in [1.807, 2.05) is 0 Å². The summed E-state index contributed by atoms with van der Waals surface area (Å²) in [5.74, 6) is -4.21. The van der Waals surface area contributed by atoms with Gasteiger partial charge in [0.1, 0.15) is 0 Å². The van der Waals surface area contributed by atoms with Crippen LogP contribution in [0.2, 0.25) is 5.02 Å². The predicted octanol–water partition coefficient (Wildman–Crippen LogP) is 2.99. The Labute approximate surface area is 92.6 Å². The fourth-order valence-corrected chi connectivity index (χ4v) is 1.39. The molecule has 84 valence electrons. The van der Waals surface area contributed by atoms with E-state index in [2.05, 4.69) is 9.68 Å². The van der Waals surface area contributed by atoms with Gasteiger partial charge in [-0.2, -0.15) is 0 Å². The zero-order valence-electron chi connectivity index (χ0n) is 7.60. The van der Waals surface area contributed by atoms with Gasteiger partial charge in [0.15, 0.2) is 29.0 Å². The first kappa shape index (κ1) is 10.8. The maximum Gasteiger partial charge on any atom is 0.175 e. The summed E-state index contributed by atoms with van der Waals surface area (Å²) >= 11 is 5.37. The van der Waals surface area contributed by atoms with Gasteiger partial charge >= 0.3 is 0 Å². The smallest absolute Gasteiger partial charge is 0.175 e. The van der Waals surface area contributed by atoms with Gasteiger partial charge in [-0.3, -0.25) is 0 Å². The zero-order valence-corrected chi connectivity index (χ0v) is 8.36. The van der Waals surface area contributed by atoms with Crippen LogP contribution in [-0.2, 0) is 0 Å². The number of nitrogens with zero attached hydrogens (tertiary/aromatic N) is 1. The van der Waals surface area contributed by atoms with Gasteiger partial charge < -0.3 is 10.3 Å². The Kier molecular flexibility index (Phi) is 2.51. The predicted molar refractivity (Wildman–Crippen MR) is 51.2 cm³/mol. The van der Waals surface area contributed by atoms with E-state index in [0.29, 0.717) is 6.07 Å². The summed E-state index contributed by atoms with van der Waals surface area (Å²) in [6, 6.07) is 1.60. The molecular weight excluding hydrogens is 245 g/mol. The molecule has 0 saturated carbocycles. The van der Waals surface area contributed by atoms with E-state index >= 15 is 0 Å². The first-order chi connectivity index (χ1) is 7.50. The number of aromatic nitrogens is 1. The van der Waals surface area contributed by atoms with Crippen LogP contribution in [0.25, 0.3) is 11.3 Å². The molecule has 0 radical (unpaired) electrons. The number of rotatable bonds is 1. The second kappa shape index (κ2) is 3.71. The zero-order chi connectivity index (χ0) is 11.9. The lowest BCUT2D eigenvalue weighted by atomic mass is 10.1. The summed E-state index contributed by atoms with van der Waals surface area (Å²) in [7, 11) is 0. The molecule has 1 aromatic heterocycles. The lowest BCUT2D eigenvalue weighted by Gasteiger charge is -2.03. The van der Waals surface area contributed by atoms with Gasteiger partial charge in [-0.05, 0) is 6.07 Å². The van der Waals surface area contributed by atoms with Crippen LogP contribution in [0.3, 0.4) is 0 Å². The van der Waals surface area contributed by atoms with Crippen LogP contribution in [-0.4, -0.2) is 5.16 Å². The molecule has 0 saturated heterocycles. The molecule has 2 rings (SSSR count). The fraction of sp³-hybridized carbons (Fsp3) is 0. The number of halogens is 4. The summed E-state index contributed by atoms with van der Waals surface area (Å²) in [5.41, 5.74) is 4.49. The van der Waals surface area contributed by atoms with Crippen LogP contribution < -0.4 is 5.73 Å². The average molecular weight is 249 g/mol. The largest absolute Gasteiger partial charge is 0.381 e. The Hall–Kier alpha value is -1.69. The minimum Gasteiger partial charge on any atom is -0.381 e. The molecule has 0 fully saturated rings. The maximum absolute atomic E-state index is 13.5. The van der Waals surface area contributed by atoms with Crippen molar-refractivity contribution in [3.8, 4) is 11.3 Å². The first-order valence-electron chi connectivity index (χ1n) is 4.06. The summed E-state index contributed by atoms with van der Waals surface area (Å²) in [5, 5.41) is 2.69. The van der Waals surface area contributed by atoms with Gasteiger partial charge in [0.05, 0.1) is 10.6 Å². The molecule has 0 aliphatic heterocycles. The highest BCUT2D eigenvalue weighted by atomic mass is 35.5. The minimum atomic E-state index is -1.40. The minimum absolute atomic E-state index is 0.0748. The molecule has 0 unspecified atom stereocenters. The van der Waals surface area contributed by atoms with Crippen molar-refractivity contribution < 1.29 is 17.7 Å². The fourth-order valence-electron chi connectivity index (χ4n) is 1.20. The molecule has 0 amide bonds. The average Bonchev–Trinajstić information content (AvgIpc) is 2.62. The summed E-state index contributed by atoms with van der Waals surface area (Å²) in [6.07, 6.45) is 0. The molecule has 1 aromatic carbocycles. The lowest BCUT2D eigenvalue weighted by Crippen LogP contribution is -1.94. The van der Waals surface area contributed by atoms with Crippen LogP contribution >= 0.6 is 11.6 Å². The van der Waals surface area contributed by atoms with E-state index in [0.717, 1.165) is 6.07 Å². The second-order valence-corrected chi connectivity index (χ2v) is 3.37. The van der Waals surface area contributed by atoms with Gasteiger partial charge in [-0.1, -0.05) is 16.8 Å². The van der Waals surface area contributed by atoms with Crippen molar-refractivity contribution in [2.24, 2.45) is 0 Å². The Morgan fingerprint density at radius 2 is 1.88 bits per heavy atom. The van der Waals surface area contributed by atoms with Crippen LogP contribution in [0, 0.1) is 17.5 Å². The third kappa shape index (κ3) is 1.61. The van der Waals surface area contributed by atoms with E-state index in [4.69, 9.17) is 17.3 Å². The molecule has 0 aliphatic rings. The molecule has 0 bridgehead atoms. The van der Waals surface area contributed by atoms with Crippen molar-refractivity contribution in [2.75, 3.05) is 5.73 Å². The van der Waals surface area contributed by atoms with Crippen molar-refractivity contribution in [1.82, 2.24) is 5.16 Å². The van der Waals surface area contributed by atoms with Gasteiger partial charge in [-0.15, -0.1) is 0 Å². The Bertz CT molecular complexity index is 530. The van der Waals surface area contributed by atoms with E-state index in [9.17, 15) is 13.2 Å². The molecule has 0 spiro atoms. The normalized spacial score (nSPS) is 10.8. The van der Waals surface area contributed by atoms with Gasteiger partial charge in [0.2, 0.25) is 0 Å². The Balaban J connectivity index is 2.73. The number of hydrogen-bond acceptors (Lipinski definition) is 3. The topological polar surface area (TPSA) is 52.0 Å². The van der Waals surface area contributed by atoms with Crippen LogP contribution in [0.15, 0.2) is 16.7 Å². The highest BCUT2D eigenvalue weighted by Gasteiger charge is 2.22. The number of hydrogen-bond donors (Lipinski definition) is 1. The molecule has 3 nitrogen and oxygen atoms in total. The molecule has 2 aromatic rings. The van der Waals surface area contributed by atoms with E-state index in [1.54, 1.807) is 0 Å². The number of nitrogens with two attached hydrogens (primary N) is 1. The summed E-state index contributed by atoms with van der Waals surface area (Å²) in [4.78, 5) is 0.